The van der Waals surface area contributed by atoms with Gasteiger partial charge in [-0.15, -0.1) is 0 Å². The predicted molar refractivity (Wildman–Crippen MR) is 84.0 cm³/mol. The molecule has 0 saturated carbocycles. The van der Waals surface area contributed by atoms with Crippen molar-refractivity contribution in [1.82, 2.24) is 4.90 Å². The van der Waals surface area contributed by atoms with Gasteiger partial charge < -0.3 is 10.5 Å². The summed E-state index contributed by atoms with van der Waals surface area (Å²) in [5, 5.41) is 0. The molecular weight excluding hydrogens is 248 g/mol. The first-order valence-electron chi connectivity index (χ1n) is 7.75. The molecule has 0 aliphatic carbocycles. The third-order valence-electron chi connectivity index (χ3n) is 4.38. The monoisotopic (exact) mass is 276 g/mol. The average Bonchev–Trinajstić information content (AvgIpc) is 2.64. The van der Waals surface area contributed by atoms with Crippen LogP contribution >= 0.6 is 0 Å². The Morgan fingerprint density at radius 1 is 1.30 bits per heavy atom. The molecule has 3 heteroatoms. The Morgan fingerprint density at radius 2 is 2.10 bits per heavy atom. The number of hydrogen-bond donors (Lipinski definition) is 1. The van der Waals surface area contributed by atoms with E-state index in [9.17, 15) is 0 Å². The smallest absolute Gasteiger partial charge is 0.119 e. The normalized spacial score (nSPS) is 23.9. The van der Waals surface area contributed by atoms with Crippen LogP contribution in [0.2, 0.25) is 0 Å². The zero-order chi connectivity index (χ0) is 14.5. The van der Waals surface area contributed by atoms with Crippen LogP contribution < -0.4 is 10.5 Å². The third-order valence-corrected chi connectivity index (χ3v) is 4.38. The molecule has 3 nitrogen and oxygen atoms in total. The van der Waals surface area contributed by atoms with E-state index in [0.717, 1.165) is 24.8 Å². The van der Waals surface area contributed by atoms with Crippen molar-refractivity contribution in [2.75, 3.05) is 20.2 Å². The van der Waals surface area contributed by atoms with Crippen LogP contribution in [0.1, 0.15) is 44.7 Å². The lowest BCUT2D eigenvalue weighted by Gasteiger charge is -2.34. The van der Waals surface area contributed by atoms with E-state index >= 15 is 0 Å². The molecule has 0 aromatic heterocycles. The van der Waals surface area contributed by atoms with E-state index in [-0.39, 0.29) is 12.1 Å². The minimum Gasteiger partial charge on any atom is -0.497 e. The minimum atomic E-state index is 0.121. The summed E-state index contributed by atoms with van der Waals surface area (Å²) in [5.41, 5.74) is 7.57. The molecule has 3 atom stereocenters. The van der Waals surface area contributed by atoms with Crippen LogP contribution in [0.4, 0.5) is 0 Å². The molecule has 1 fully saturated rings. The van der Waals surface area contributed by atoms with E-state index in [0.29, 0.717) is 0 Å². The Bertz CT molecular complexity index is 419. The maximum Gasteiger partial charge on any atom is 0.119 e. The zero-order valence-electron chi connectivity index (χ0n) is 13.0. The molecular formula is C17H28N2O. The average molecular weight is 276 g/mol. The quantitative estimate of drug-likeness (QED) is 0.917. The largest absolute Gasteiger partial charge is 0.497 e. The van der Waals surface area contributed by atoms with Crippen molar-refractivity contribution in [3.63, 3.8) is 0 Å². The zero-order valence-corrected chi connectivity index (χ0v) is 13.0. The van der Waals surface area contributed by atoms with E-state index in [2.05, 4.69) is 36.9 Å². The number of rotatable bonds is 4. The Balaban J connectivity index is 2.21. The van der Waals surface area contributed by atoms with Crippen LogP contribution in [0.5, 0.6) is 5.75 Å². The molecule has 1 saturated heterocycles. The molecule has 112 valence electrons. The molecule has 0 radical (unpaired) electrons. The Morgan fingerprint density at radius 3 is 2.80 bits per heavy atom. The van der Waals surface area contributed by atoms with Gasteiger partial charge in [0.15, 0.2) is 0 Å². The van der Waals surface area contributed by atoms with Crippen molar-refractivity contribution in [2.45, 2.75) is 45.2 Å². The fourth-order valence-corrected chi connectivity index (χ4v) is 3.24. The van der Waals surface area contributed by atoms with Gasteiger partial charge in [-0.1, -0.05) is 19.1 Å². The predicted octanol–water partition coefficient (Wildman–Crippen LogP) is 3.21. The fraction of sp³-hybridized carbons (Fsp3) is 0.647. The molecule has 1 aromatic rings. The maximum absolute atomic E-state index is 6.29. The molecule has 0 bridgehead atoms. The summed E-state index contributed by atoms with van der Waals surface area (Å²) in [6.07, 6.45) is 3.88. The maximum atomic E-state index is 6.29. The number of benzene rings is 1. The Labute approximate surface area is 123 Å². The Hall–Kier alpha value is -1.06. The highest BCUT2D eigenvalue weighted by molar-refractivity contribution is 5.31. The topological polar surface area (TPSA) is 38.5 Å². The van der Waals surface area contributed by atoms with E-state index in [4.69, 9.17) is 10.5 Å². The highest BCUT2D eigenvalue weighted by Gasteiger charge is 2.26. The molecule has 0 spiro atoms. The van der Waals surface area contributed by atoms with Crippen LogP contribution in [-0.2, 0) is 0 Å². The van der Waals surface area contributed by atoms with Crippen LogP contribution in [0.15, 0.2) is 24.3 Å². The molecule has 2 N–H and O–H groups in total. The van der Waals surface area contributed by atoms with Crippen molar-refractivity contribution in [3.8, 4) is 5.75 Å². The van der Waals surface area contributed by atoms with Crippen molar-refractivity contribution in [1.29, 1.82) is 0 Å². The first-order chi connectivity index (χ1) is 9.61. The van der Waals surface area contributed by atoms with Crippen LogP contribution in [0.25, 0.3) is 0 Å². The van der Waals surface area contributed by atoms with Crippen LogP contribution in [0.3, 0.4) is 0 Å². The third kappa shape index (κ3) is 3.74. The standard InChI is InChI=1S/C17H28N2O/c1-13-6-5-10-19(11-9-13)17(14(2)18)15-7-4-8-16(12-15)20-3/h4,7-8,12-14,17H,5-6,9-11,18H2,1-3H3. The number of nitrogens with zero attached hydrogens (tertiary/aromatic N) is 1. The van der Waals surface area contributed by atoms with Crippen molar-refractivity contribution < 1.29 is 4.74 Å². The van der Waals surface area contributed by atoms with Gasteiger partial charge >= 0.3 is 0 Å². The van der Waals surface area contributed by atoms with Crippen LogP contribution in [0, 0.1) is 5.92 Å². The molecule has 20 heavy (non-hydrogen) atoms. The van der Waals surface area contributed by atoms with E-state index in [1.54, 1.807) is 7.11 Å². The summed E-state index contributed by atoms with van der Waals surface area (Å²) in [6.45, 7) is 6.76. The number of nitrogens with two attached hydrogens (primary N) is 1. The molecule has 1 aliphatic heterocycles. The lowest BCUT2D eigenvalue weighted by molar-refractivity contribution is 0.181. The number of ether oxygens (including phenoxy) is 1. The lowest BCUT2D eigenvalue weighted by Crippen LogP contribution is -2.40. The molecule has 1 aromatic carbocycles. The molecule has 3 unspecified atom stereocenters. The summed E-state index contributed by atoms with van der Waals surface area (Å²) >= 11 is 0. The van der Waals surface area contributed by atoms with Gasteiger partial charge in [0.2, 0.25) is 0 Å². The second-order valence-electron chi connectivity index (χ2n) is 6.15. The SMILES string of the molecule is COc1cccc(C(C(C)N)N2CCCC(C)CC2)c1. The second-order valence-corrected chi connectivity index (χ2v) is 6.15. The number of hydrogen-bond acceptors (Lipinski definition) is 3. The van der Waals surface area contributed by atoms with Gasteiger partial charge in [0.05, 0.1) is 7.11 Å². The molecule has 1 heterocycles. The summed E-state index contributed by atoms with van der Waals surface area (Å²) in [6, 6.07) is 8.76. The van der Waals surface area contributed by atoms with Gasteiger partial charge in [-0.2, -0.15) is 0 Å². The highest BCUT2D eigenvalue weighted by Crippen LogP contribution is 2.29. The summed E-state index contributed by atoms with van der Waals surface area (Å²) in [7, 11) is 1.72. The number of methoxy groups -OCH3 is 1. The van der Waals surface area contributed by atoms with E-state index < -0.39 is 0 Å². The summed E-state index contributed by atoms with van der Waals surface area (Å²) < 4.78 is 5.35. The van der Waals surface area contributed by atoms with Crippen LogP contribution in [-0.4, -0.2) is 31.1 Å². The number of likely N-dealkylation sites (tertiary alicyclic amines) is 1. The van der Waals surface area contributed by atoms with Gasteiger partial charge in [0.25, 0.3) is 0 Å². The lowest BCUT2D eigenvalue weighted by atomic mass is 9.98. The van der Waals surface area contributed by atoms with Gasteiger partial charge in [-0.05, 0) is 62.9 Å². The van der Waals surface area contributed by atoms with Gasteiger partial charge in [0.1, 0.15) is 5.75 Å². The Kier molecular flexibility index (Phi) is 5.44. The highest BCUT2D eigenvalue weighted by atomic mass is 16.5. The minimum absolute atomic E-state index is 0.121. The molecule has 1 aliphatic rings. The van der Waals surface area contributed by atoms with Crippen molar-refractivity contribution in [3.05, 3.63) is 29.8 Å². The van der Waals surface area contributed by atoms with Gasteiger partial charge in [-0.3, -0.25) is 4.90 Å². The summed E-state index contributed by atoms with van der Waals surface area (Å²) in [5.74, 6) is 1.75. The fourth-order valence-electron chi connectivity index (χ4n) is 3.24. The second kappa shape index (κ2) is 7.09. The van der Waals surface area contributed by atoms with Gasteiger partial charge in [-0.25, -0.2) is 0 Å². The van der Waals surface area contributed by atoms with Crippen molar-refractivity contribution >= 4 is 0 Å². The summed E-state index contributed by atoms with van der Waals surface area (Å²) in [4.78, 5) is 2.56. The molecule has 0 amide bonds. The van der Waals surface area contributed by atoms with E-state index in [1.807, 2.05) is 6.07 Å². The molecule has 2 rings (SSSR count). The van der Waals surface area contributed by atoms with Crippen molar-refractivity contribution in [2.24, 2.45) is 11.7 Å². The van der Waals surface area contributed by atoms with Gasteiger partial charge in [0, 0.05) is 12.1 Å². The van der Waals surface area contributed by atoms with E-state index in [1.165, 1.54) is 24.8 Å². The first-order valence-corrected chi connectivity index (χ1v) is 7.75. The first kappa shape index (κ1) is 15.3.